The van der Waals surface area contributed by atoms with Gasteiger partial charge in [-0.15, -0.1) is 10.2 Å². The zero-order chi connectivity index (χ0) is 15.9. The van der Waals surface area contributed by atoms with E-state index < -0.39 is 0 Å². The van der Waals surface area contributed by atoms with E-state index in [1.165, 1.54) is 4.80 Å². The summed E-state index contributed by atoms with van der Waals surface area (Å²) in [7, 11) is 0. The van der Waals surface area contributed by atoms with Crippen LogP contribution in [-0.4, -0.2) is 31.8 Å². The molecule has 0 bridgehead atoms. The molecule has 0 unspecified atom stereocenters. The van der Waals surface area contributed by atoms with E-state index in [0.717, 1.165) is 17.7 Å². The first-order valence-corrected chi connectivity index (χ1v) is 7.26. The Morgan fingerprint density at radius 1 is 1.36 bits per heavy atom. The first-order chi connectivity index (χ1) is 10.6. The van der Waals surface area contributed by atoms with Crippen LogP contribution in [0.15, 0.2) is 35.4 Å². The minimum absolute atomic E-state index is 0.0167. The molecular formula is C15H20N6O. The number of nitrogens with one attached hydrogen (secondary N) is 1. The molecular weight excluding hydrogens is 280 g/mol. The maximum atomic E-state index is 11.8. The number of carbonyl (C=O) groups excluding carboxylic acids is 1. The van der Waals surface area contributed by atoms with Gasteiger partial charge in [0.2, 0.25) is 5.82 Å². The van der Waals surface area contributed by atoms with Crippen molar-refractivity contribution in [2.45, 2.75) is 33.7 Å². The smallest absolute Gasteiger partial charge is 0.263 e. The molecule has 1 N–H and O–H groups in total. The Labute approximate surface area is 129 Å². The number of nitrogens with zero attached hydrogens (tertiary/aromatic N) is 5. The molecule has 1 amide bonds. The normalized spacial score (nSPS) is 13.0. The number of rotatable bonds is 6. The number of aromatic nitrogens is 4. The SMILES string of the molecule is CC[C@H](C)/C(C)=N\NC(=O)Cn1nnc(-c2ccccc2)n1. The van der Waals surface area contributed by atoms with E-state index in [-0.39, 0.29) is 12.5 Å². The van der Waals surface area contributed by atoms with Crippen LogP contribution in [0, 0.1) is 5.92 Å². The Hall–Kier alpha value is -2.57. The molecule has 1 heterocycles. The van der Waals surface area contributed by atoms with E-state index in [1.54, 1.807) is 0 Å². The van der Waals surface area contributed by atoms with Crippen molar-refractivity contribution in [3.63, 3.8) is 0 Å². The highest BCUT2D eigenvalue weighted by Crippen LogP contribution is 2.11. The van der Waals surface area contributed by atoms with E-state index in [0.29, 0.717) is 11.7 Å². The Bertz CT molecular complexity index is 649. The highest BCUT2D eigenvalue weighted by atomic mass is 16.2. The zero-order valence-electron chi connectivity index (χ0n) is 13.0. The average molecular weight is 300 g/mol. The second-order valence-corrected chi connectivity index (χ2v) is 5.11. The van der Waals surface area contributed by atoms with Crippen LogP contribution in [0.5, 0.6) is 0 Å². The largest absolute Gasteiger partial charge is 0.271 e. The van der Waals surface area contributed by atoms with Crippen molar-refractivity contribution in [3.8, 4) is 11.4 Å². The molecule has 0 aliphatic carbocycles. The van der Waals surface area contributed by atoms with Gasteiger partial charge >= 0.3 is 0 Å². The van der Waals surface area contributed by atoms with Gasteiger partial charge in [0.15, 0.2) is 0 Å². The van der Waals surface area contributed by atoms with E-state index in [2.05, 4.69) is 39.8 Å². The quantitative estimate of drug-likeness (QED) is 0.652. The van der Waals surface area contributed by atoms with Gasteiger partial charge in [0.1, 0.15) is 6.54 Å². The van der Waals surface area contributed by atoms with Gasteiger partial charge in [0.05, 0.1) is 0 Å². The van der Waals surface area contributed by atoms with Crippen molar-refractivity contribution < 1.29 is 4.79 Å². The Morgan fingerprint density at radius 2 is 2.09 bits per heavy atom. The van der Waals surface area contributed by atoms with Gasteiger partial charge < -0.3 is 0 Å². The van der Waals surface area contributed by atoms with Crippen molar-refractivity contribution >= 4 is 11.6 Å². The standard InChI is InChI=1S/C15H20N6O/c1-4-11(2)12(3)16-17-14(22)10-21-19-15(18-20-21)13-8-6-5-7-9-13/h5-9,11H,4,10H2,1-3H3,(H,17,22)/b16-12-/t11-/m0/s1. The molecule has 1 atom stereocenters. The van der Waals surface area contributed by atoms with Gasteiger partial charge in [0.25, 0.3) is 5.91 Å². The summed E-state index contributed by atoms with van der Waals surface area (Å²) in [5.74, 6) is 0.557. The monoisotopic (exact) mass is 300 g/mol. The van der Waals surface area contributed by atoms with Gasteiger partial charge in [-0.1, -0.05) is 44.2 Å². The number of hydrogen-bond donors (Lipinski definition) is 1. The summed E-state index contributed by atoms with van der Waals surface area (Å²) >= 11 is 0. The average Bonchev–Trinajstić information content (AvgIpc) is 3.01. The van der Waals surface area contributed by atoms with E-state index in [4.69, 9.17) is 0 Å². The summed E-state index contributed by atoms with van der Waals surface area (Å²) in [5.41, 5.74) is 4.27. The molecule has 7 nitrogen and oxygen atoms in total. The van der Waals surface area contributed by atoms with Crippen LogP contribution in [-0.2, 0) is 11.3 Å². The summed E-state index contributed by atoms with van der Waals surface area (Å²) in [6.45, 7) is 6.03. The molecule has 1 aromatic carbocycles. The maximum absolute atomic E-state index is 11.8. The van der Waals surface area contributed by atoms with Crippen LogP contribution in [0.1, 0.15) is 27.2 Å². The van der Waals surface area contributed by atoms with Crippen molar-refractivity contribution in [1.82, 2.24) is 25.6 Å². The van der Waals surface area contributed by atoms with Crippen LogP contribution < -0.4 is 5.43 Å². The predicted molar refractivity (Wildman–Crippen MR) is 84.0 cm³/mol. The number of hydrogen-bond acceptors (Lipinski definition) is 5. The van der Waals surface area contributed by atoms with Crippen LogP contribution in [0.2, 0.25) is 0 Å². The zero-order valence-corrected chi connectivity index (χ0v) is 13.0. The number of amides is 1. The number of hydrazone groups is 1. The highest BCUT2D eigenvalue weighted by molar-refractivity contribution is 5.85. The van der Waals surface area contributed by atoms with Crippen LogP contribution in [0.25, 0.3) is 11.4 Å². The summed E-state index contributed by atoms with van der Waals surface area (Å²) < 4.78 is 0. The topological polar surface area (TPSA) is 85.1 Å². The lowest BCUT2D eigenvalue weighted by molar-refractivity contribution is -0.122. The third-order valence-electron chi connectivity index (χ3n) is 3.45. The van der Waals surface area contributed by atoms with Gasteiger partial charge in [-0.05, 0) is 24.5 Å². The number of benzene rings is 1. The van der Waals surface area contributed by atoms with Crippen molar-refractivity contribution in [3.05, 3.63) is 30.3 Å². The second-order valence-electron chi connectivity index (χ2n) is 5.11. The molecule has 0 aliphatic rings. The first kappa shape index (κ1) is 15.8. The van der Waals surface area contributed by atoms with E-state index in [9.17, 15) is 4.79 Å². The van der Waals surface area contributed by atoms with Gasteiger partial charge in [0, 0.05) is 11.3 Å². The molecule has 0 aliphatic heterocycles. The Balaban J connectivity index is 1.94. The van der Waals surface area contributed by atoms with E-state index in [1.807, 2.05) is 37.3 Å². The molecule has 7 heteroatoms. The molecule has 1 aromatic heterocycles. The molecule has 0 fully saturated rings. The lowest BCUT2D eigenvalue weighted by atomic mass is 10.1. The summed E-state index contributed by atoms with van der Waals surface area (Å²) in [6.07, 6.45) is 0.982. The summed E-state index contributed by atoms with van der Waals surface area (Å²) in [4.78, 5) is 13.1. The second kappa shape index (κ2) is 7.44. The Morgan fingerprint density at radius 3 is 2.77 bits per heavy atom. The molecule has 2 rings (SSSR count). The molecule has 116 valence electrons. The molecule has 0 saturated heterocycles. The molecule has 0 radical (unpaired) electrons. The fourth-order valence-electron chi connectivity index (χ4n) is 1.73. The number of tetrazole rings is 1. The minimum atomic E-state index is -0.278. The van der Waals surface area contributed by atoms with Gasteiger partial charge in [-0.2, -0.15) is 9.90 Å². The van der Waals surface area contributed by atoms with Crippen LogP contribution in [0.4, 0.5) is 0 Å². The lowest BCUT2D eigenvalue weighted by Gasteiger charge is -2.07. The highest BCUT2D eigenvalue weighted by Gasteiger charge is 2.09. The van der Waals surface area contributed by atoms with Crippen LogP contribution >= 0.6 is 0 Å². The van der Waals surface area contributed by atoms with Crippen molar-refractivity contribution in [1.29, 1.82) is 0 Å². The van der Waals surface area contributed by atoms with Gasteiger partial charge in [-0.25, -0.2) is 5.43 Å². The first-order valence-electron chi connectivity index (χ1n) is 7.26. The third-order valence-corrected chi connectivity index (χ3v) is 3.45. The molecule has 0 spiro atoms. The molecule has 0 saturated carbocycles. The predicted octanol–water partition coefficient (Wildman–Crippen LogP) is 1.88. The summed E-state index contributed by atoms with van der Waals surface area (Å²) in [6, 6.07) is 9.49. The van der Waals surface area contributed by atoms with Gasteiger partial charge in [-0.3, -0.25) is 4.79 Å². The molecule has 22 heavy (non-hydrogen) atoms. The fraction of sp³-hybridized carbons (Fsp3) is 0.400. The van der Waals surface area contributed by atoms with Crippen LogP contribution in [0.3, 0.4) is 0 Å². The third kappa shape index (κ3) is 4.21. The van der Waals surface area contributed by atoms with Crippen molar-refractivity contribution in [2.75, 3.05) is 0 Å². The minimum Gasteiger partial charge on any atom is -0.271 e. The Kier molecular flexibility index (Phi) is 5.35. The molecule has 2 aromatic rings. The van der Waals surface area contributed by atoms with E-state index >= 15 is 0 Å². The summed E-state index contributed by atoms with van der Waals surface area (Å²) in [5, 5.41) is 16.1. The lowest BCUT2D eigenvalue weighted by Crippen LogP contribution is -2.26. The van der Waals surface area contributed by atoms with Crippen molar-refractivity contribution in [2.24, 2.45) is 11.0 Å². The fourth-order valence-corrected chi connectivity index (χ4v) is 1.73. The maximum Gasteiger partial charge on any atom is 0.263 e. The number of carbonyl (C=O) groups is 1.